The molecule has 2 rings (SSSR count). The van der Waals surface area contributed by atoms with E-state index in [0.29, 0.717) is 24.1 Å². The number of benzene rings is 1. The summed E-state index contributed by atoms with van der Waals surface area (Å²) in [6, 6.07) is 6.99. The van der Waals surface area contributed by atoms with Gasteiger partial charge in [-0.3, -0.25) is 0 Å². The van der Waals surface area contributed by atoms with E-state index < -0.39 is 15.9 Å². The normalized spacial score (nSPS) is 12.8. The molecular weight excluding hydrogens is 294 g/mol. The summed E-state index contributed by atoms with van der Waals surface area (Å²) >= 11 is 0. The van der Waals surface area contributed by atoms with Gasteiger partial charge in [0.05, 0.1) is 11.8 Å². The van der Waals surface area contributed by atoms with E-state index in [0.717, 1.165) is 6.26 Å². The van der Waals surface area contributed by atoms with Crippen LogP contribution < -0.4 is 9.79 Å². The number of hydrogen-bond acceptors (Lipinski definition) is 5. The smallest absolute Gasteiger partial charge is 0.249 e. The summed E-state index contributed by atoms with van der Waals surface area (Å²) in [6.07, 6.45) is 2.37. The van der Waals surface area contributed by atoms with Crippen molar-refractivity contribution in [3.63, 3.8) is 0 Å². The fourth-order valence-electron chi connectivity index (χ4n) is 1.84. The van der Waals surface area contributed by atoms with Gasteiger partial charge in [-0.1, -0.05) is 22.9 Å². The lowest BCUT2D eigenvalue weighted by Crippen LogP contribution is -2.41. The van der Waals surface area contributed by atoms with Gasteiger partial charge in [-0.15, -0.1) is 0 Å². The van der Waals surface area contributed by atoms with Gasteiger partial charge >= 0.3 is 0 Å². The molecule has 0 radical (unpaired) electrons. The third-order valence-electron chi connectivity index (χ3n) is 2.71. The molecule has 2 aromatic rings. The average molecular weight is 309 g/mol. The van der Waals surface area contributed by atoms with E-state index in [1.54, 1.807) is 31.4 Å². The molecule has 0 aliphatic carbocycles. The Morgan fingerprint density at radius 3 is 2.81 bits per heavy atom. The first-order valence-corrected chi connectivity index (χ1v) is 8.01. The first-order valence-electron chi connectivity index (χ1n) is 6.16. The highest BCUT2D eigenvalue weighted by molar-refractivity contribution is 7.89. The Morgan fingerprint density at radius 1 is 1.43 bits per heavy atom. The molecule has 0 saturated carbocycles. The van der Waals surface area contributed by atoms with E-state index in [2.05, 4.69) is 9.50 Å². The highest BCUT2D eigenvalue weighted by atomic mass is 32.2. The number of rotatable bonds is 5. The number of nitrogens with zero attached hydrogens (tertiary/aromatic N) is 3. The van der Waals surface area contributed by atoms with E-state index >= 15 is 0 Å². The lowest BCUT2D eigenvalue weighted by Gasteiger charge is -2.10. The van der Waals surface area contributed by atoms with Gasteiger partial charge in [0.25, 0.3) is 0 Å². The molecule has 0 fully saturated rings. The molecule has 1 aromatic carbocycles. The van der Waals surface area contributed by atoms with Crippen LogP contribution in [0.2, 0.25) is 0 Å². The summed E-state index contributed by atoms with van der Waals surface area (Å²) in [5, 5.41) is 17.0. The predicted molar refractivity (Wildman–Crippen MR) is 75.2 cm³/mol. The average Bonchev–Trinajstić information content (AvgIpc) is 2.42. The minimum absolute atomic E-state index is 0.196. The Morgan fingerprint density at radius 2 is 2.14 bits per heavy atom. The Labute approximate surface area is 122 Å². The summed E-state index contributed by atoms with van der Waals surface area (Å²) in [7, 11) is -2.19. The standard InChI is InChI=1S/C13H15N3O4S/c1-20-8-7-16-9-11(13(17)15-21(2,18)19)10-5-3-4-6-12(10)14-16/h3-6,9H,7-8H2,1-2H3. The molecule has 1 heterocycles. The Kier molecular flexibility index (Phi) is 4.49. The predicted octanol–water partition coefficient (Wildman–Crippen LogP) is -0.765. The lowest BCUT2D eigenvalue weighted by molar-refractivity contribution is -0.752. The molecule has 112 valence electrons. The third kappa shape index (κ3) is 3.96. The van der Waals surface area contributed by atoms with Crippen molar-refractivity contribution in [2.75, 3.05) is 20.0 Å². The molecule has 0 unspecified atom stereocenters. The van der Waals surface area contributed by atoms with Crippen molar-refractivity contribution in [1.82, 2.24) is 5.10 Å². The maximum absolute atomic E-state index is 12.1. The molecule has 7 nitrogen and oxygen atoms in total. The molecule has 1 aromatic heterocycles. The van der Waals surface area contributed by atoms with Gasteiger partial charge in [0.1, 0.15) is 12.1 Å². The zero-order valence-corrected chi connectivity index (χ0v) is 12.5. The second-order valence-corrected chi connectivity index (χ2v) is 6.09. The fourth-order valence-corrected chi connectivity index (χ4v) is 2.24. The molecule has 0 amide bonds. The summed E-state index contributed by atoms with van der Waals surface area (Å²) in [6.45, 7) is 0.868. The summed E-state index contributed by atoms with van der Waals surface area (Å²) in [4.78, 5) is 0. The number of fused-ring (bicyclic) bond motifs is 1. The zero-order valence-electron chi connectivity index (χ0n) is 11.7. The number of hydrogen-bond donors (Lipinski definition) is 0. The summed E-state index contributed by atoms with van der Waals surface area (Å²) in [5.41, 5.74) is 0.783. The van der Waals surface area contributed by atoms with Gasteiger partial charge in [0, 0.05) is 23.5 Å². The van der Waals surface area contributed by atoms with Crippen LogP contribution in [0.4, 0.5) is 0 Å². The first kappa shape index (κ1) is 15.3. The highest BCUT2D eigenvalue weighted by Crippen LogP contribution is 2.14. The largest absolute Gasteiger partial charge is 0.857 e. The Hall–Kier alpha value is -2.06. The van der Waals surface area contributed by atoms with Gasteiger partial charge < -0.3 is 9.84 Å². The van der Waals surface area contributed by atoms with Gasteiger partial charge in [-0.2, -0.15) is 4.40 Å². The van der Waals surface area contributed by atoms with Crippen LogP contribution in [-0.2, 0) is 21.3 Å². The van der Waals surface area contributed by atoms with Crippen molar-refractivity contribution >= 4 is 26.8 Å². The van der Waals surface area contributed by atoms with Crippen molar-refractivity contribution in [2.45, 2.75) is 6.54 Å². The minimum atomic E-state index is -3.75. The van der Waals surface area contributed by atoms with Crippen LogP contribution in [0.3, 0.4) is 0 Å². The minimum Gasteiger partial charge on any atom is -0.857 e. The number of methoxy groups -OCH3 is 1. The van der Waals surface area contributed by atoms with Gasteiger partial charge in [0.15, 0.2) is 6.54 Å². The van der Waals surface area contributed by atoms with Crippen molar-refractivity contribution in [1.29, 1.82) is 0 Å². The SMILES string of the molecule is COCC[n+]1cc(/C([O-])=N/S(C)(=O)=O)c2ccccc2n1. The molecular formula is C13H15N3O4S. The molecule has 0 N–H and O–H groups in total. The molecule has 0 aliphatic rings. The van der Waals surface area contributed by atoms with Crippen molar-refractivity contribution in [3.8, 4) is 0 Å². The van der Waals surface area contributed by atoms with E-state index in [-0.39, 0.29) is 5.56 Å². The zero-order chi connectivity index (χ0) is 15.5. The maximum Gasteiger partial charge on any atom is 0.249 e. The van der Waals surface area contributed by atoms with Crippen molar-refractivity contribution < 1.29 is 22.9 Å². The van der Waals surface area contributed by atoms with Gasteiger partial charge in [-0.05, 0) is 6.07 Å². The molecule has 0 saturated heterocycles. The molecule has 8 heteroatoms. The second-order valence-electron chi connectivity index (χ2n) is 4.45. The highest BCUT2D eigenvalue weighted by Gasteiger charge is 2.13. The van der Waals surface area contributed by atoms with E-state index in [9.17, 15) is 13.5 Å². The first-order chi connectivity index (χ1) is 9.90. The van der Waals surface area contributed by atoms with E-state index in [1.165, 1.54) is 10.9 Å². The van der Waals surface area contributed by atoms with Crippen LogP contribution in [0, 0.1) is 0 Å². The summed E-state index contributed by atoms with van der Waals surface area (Å²) in [5.74, 6) is -0.803. The maximum atomic E-state index is 12.1. The second kappa shape index (κ2) is 6.15. The van der Waals surface area contributed by atoms with Crippen molar-refractivity contribution in [2.24, 2.45) is 4.40 Å². The summed E-state index contributed by atoms with van der Waals surface area (Å²) < 4.78 is 32.1. The van der Waals surface area contributed by atoms with Crippen LogP contribution in [0.5, 0.6) is 0 Å². The van der Waals surface area contributed by atoms with E-state index in [1.807, 2.05) is 0 Å². The molecule has 21 heavy (non-hydrogen) atoms. The van der Waals surface area contributed by atoms with Crippen molar-refractivity contribution in [3.05, 3.63) is 36.0 Å². The van der Waals surface area contributed by atoms with Crippen LogP contribution in [0.15, 0.2) is 34.9 Å². The quantitative estimate of drug-likeness (QED) is 0.411. The number of sulfonamides is 1. The van der Waals surface area contributed by atoms with Gasteiger partial charge in [0.2, 0.25) is 16.2 Å². The molecule has 0 atom stereocenters. The Bertz CT molecular complexity index is 787. The Balaban J connectivity index is 2.62. The monoisotopic (exact) mass is 309 g/mol. The van der Waals surface area contributed by atoms with Crippen LogP contribution in [0.1, 0.15) is 5.56 Å². The molecule has 0 aliphatic heterocycles. The molecule has 0 spiro atoms. The molecule has 0 bridgehead atoms. The van der Waals surface area contributed by atoms with Crippen LogP contribution in [-0.4, -0.2) is 39.4 Å². The van der Waals surface area contributed by atoms with Crippen LogP contribution in [0.25, 0.3) is 10.9 Å². The number of ether oxygens (including phenoxy) is 1. The topological polar surface area (TPSA) is 95.6 Å². The van der Waals surface area contributed by atoms with Gasteiger partial charge in [-0.25, -0.2) is 8.42 Å². The fraction of sp³-hybridized carbons (Fsp3) is 0.308. The van der Waals surface area contributed by atoms with E-state index in [4.69, 9.17) is 4.74 Å². The third-order valence-corrected chi connectivity index (χ3v) is 3.21. The van der Waals surface area contributed by atoms with Crippen LogP contribution >= 0.6 is 0 Å². The lowest BCUT2D eigenvalue weighted by atomic mass is 10.1. The number of aromatic nitrogens is 2.